The average molecular weight is 441 g/mol. The molecular weight excluding hydrogens is 412 g/mol. The highest BCUT2D eigenvalue weighted by molar-refractivity contribution is 5.68. The Morgan fingerprint density at radius 1 is 0.970 bits per heavy atom. The third-order valence-corrected chi connectivity index (χ3v) is 5.62. The van der Waals surface area contributed by atoms with E-state index in [1.165, 1.54) is 0 Å². The minimum absolute atomic E-state index is 0.578. The molecule has 1 aliphatic heterocycles. The van der Waals surface area contributed by atoms with Crippen LogP contribution in [-0.4, -0.2) is 46.3 Å². The molecular formula is C26H28N6O. The number of hydrogen-bond donors (Lipinski definition) is 2. The Morgan fingerprint density at radius 3 is 1.97 bits per heavy atom. The van der Waals surface area contributed by atoms with Crippen LogP contribution in [-0.2, 0) is 0 Å². The van der Waals surface area contributed by atoms with Crippen molar-refractivity contribution in [3.8, 4) is 0 Å². The van der Waals surface area contributed by atoms with Crippen molar-refractivity contribution in [2.45, 2.75) is 6.92 Å². The van der Waals surface area contributed by atoms with E-state index in [4.69, 9.17) is 0 Å². The highest BCUT2D eigenvalue weighted by atomic mass is 16.5. The molecule has 4 rings (SSSR count). The van der Waals surface area contributed by atoms with Gasteiger partial charge in [0.2, 0.25) is 5.95 Å². The quantitative estimate of drug-likeness (QED) is 0.417. The molecule has 3 aromatic rings. The standard InChI is InChI=1S/C26H28N6O/c1-3-24(29-33)21-19-27-26(28-20-21)31-17-15-30(16-18-31)25(4-2)32(22-11-7-5-8-12-22)23-13-9-6-10-14-23/h3,5-14,19-20,29,33H,2,15-18H2,1H3/b24-3+. The minimum atomic E-state index is 0.578. The van der Waals surface area contributed by atoms with Crippen molar-refractivity contribution in [3.05, 3.63) is 103 Å². The van der Waals surface area contributed by atoms with Gasteiger partial charge in [0.1, 0.15) is 0 Å². The number of benzene rings is 2. The normalized spacial score (nSPS) is 13.9. The maximum absolute atomic E-state index is 9.20. The lowest BCUT2D eigenvalue weighted by atomic mass is 10.2. The van der Waals surface area contributed by atoms with Crippen molar-refractivity contribution < 1.29 is 5.21 Å². The van der Waals surface area contributed by atoms with E-state index in [0.29, 0.717) is 11.6 Å². The molecule has 0 saturated carbocycles. The van der Waals surface area contributed by atoms with E-state index in [1.54, 1.807) is 18.5 Å². The molecule has 168 valence electrons. The summed E-state index contributed by atoms with van der Waals surface area (Å²) in [5, 5.41) is 9.20. The van der Waals surface area contributed by atoms with E-state index >= 15 is 0 Å². The van der Waals surface area contributed by atoms with Gasteiger partial charge in [-0.15, -0.1) is 0 Å². The Morgan fingerprint density at radius 2 is 1.52 bits per heavy atom. The van der Waals surface area contributed by atoms with Gasteiger partial charge < -0.3 is 9.80 Å². The number of hydrogen-bond acceptors (Lipinski definition) is 7. The third-order valence-electron chi connectivity index (χ3n) is 5.62. The van der Waals surface area contributed by atoms with E-state index in [2.05, 4.69) is 66.7 Å². The number of nitrogens with zero attached hydrogens (tertiary/aromatic N) is 5. The monoisotopic (exact) mass is 440 g/mol. The fraction of sp³-hybridized carbons (Fsp3) is 0.192. The number of allylic oxidation sites excluding steroid dienone is 1. The number of anilines is 3. The predicted molar refractivity (Wildman–Crippen MR) is 132 cm³/mol. The van der Waals surface area contributed by atoms with Gasteiger partial charge in [-0.25, -0.2) is 9.97 Å². The van der Waals surface area contributed by atoms with Crippen molar-refractivity contribution in [1.82, 2.24) is 20.3 Å². The summed E-state index contributed by atoms with van der Waals surface area (Å²) in [4.78, 5) is 15.6. The van der Waals surface area contributed by atoms with Gasteiger partial charge in [0.15, 0.2) is 5.82 Å². The zero-order chi connectivity index (χ0) is 23.0. The molecule has 1 aliphatic rings. The molecule has 0 spiro atoms. The Kier molecular flexibility index (Phi) is 7.05. The van der Waals surface area contributed by atoms with Gasteiger partial charge in [-0.3, -0.25) is 15.6 Å². The maximum Gasteiger partial charge on any atom is 0.225 e. The number of aromatic nitrogens is 2. The molecule has 7 heteroatoms. The van der Waals surface area contributed by atoms with Crippen LogP contribution in [0.2, 0.25) is 0 Å². The molecule has 2 aromatic carbocycles. The van der Waals surface area contributed by atoms with Gasteiger partial charge in [0.25, 0.3) is 0 Å². The van der Waals surface area contributed by atoms with E-state index in [9.17, 15) is 5.21 Å². The zero-order valence-corrected chi connectivity index (χ0v) is 18.7. The second-order valence-electron chi connectivity index (χ2n) is 7.57. The molecule has 0 amide bonds. The summed E-state index contributed by atoms with van der Waals surface area (Å²) in [7, 11) is 0. The Balaban J connectivity index is 1.51. The summed E-state index contributed by atoms with van der Waals surface area (Å²) in [5.41, 5.74) is 8.80. The molecule has 0 atom stereocenters. The zero-order valence-electron chi connectivity index (χ0n) is 18.7. The fourth-order valence-electron chi connectivity index (χ4n) is 3.92. The number of nitrogens with one attached hydrogen (secondary N) is 1. The van der Waals surface area contributed by atoms with Crippen molar-refractivity contribution >= 4 is 23.0 Å². The van der Waals surface area contributed by atoms with Crippen molar-refractivity contribution in [3.63, 3.8) is 0 Å². The Hall–Kier alpha value is -4.06. The van der Waals surface area contributed by atoms with Crippen molar-refractivity contribution in [2.75, 3.05) is 36.0 Å². The summed E-state index contributed by atoms with van der Waals surface area (Å²) in [6, 6.07) is 20.6. The van der Waals surface area contributed by atoms with E-state index in [-0.39, 0.29) is 0 Å². The SMILES string of the molecule is C=C=C(N1CCN(c2ncc(/C(=C\C)NO)cn2)CC1)N(c1ccccc1)c1ccccc1. The van der Waals surface area contributed by atoms with Gasteiger partial charge in [-0.2, -0.15) is 0 Å². The average Bonchev–Trinajstić information content (AvgIpc) is 2.89. The molecule has 7 nitrogen and oxygen atoms in total. The van der Waals surface area contributed by atoms with Gasteiger partial charge in [-0.05, 0) is 31.2 Å². The lowest BCUT2D eigenvalue weighted by molar-refractivity contribution is 0.224. The lowest BCUT2D eigenvalue weighted by Gasteiger charge is -2.40. The molecule has 2 heterocycles. The first-order valence-corrected chi connectivity index (χ1v) is 10.9. The second kappa shape index (κ2) is 10.5. The van der Waals surface area contributed by atoms with Gasteiger partial charge in [0, 0.05) is 55.5 Å². The van der Waals surface area contributed by atoms with E-state index in [0.717, 1.165) is 48.9 Å². The first-order chi connectivity index (χ1) is 16.2. The van der Waals surface area contributed by atoms with Crippen molar-refractivity contribution in [2.24, 2.45) is 0 Å². The van der Waals surface area contributed by atoms with Gasteiger partial charge in [0.05, 0.1) is 5.70 Å². The van der Waals surface area contributed by atoms with Crippen LogP contribution < -0.4 is 15.3 Å². The molecule has 0 aliphatic carbocycles. The van der Waals surface area contributed by atoms with Crippen LogP contribution in [0.4, 0.5) is 17.3 Å². The third kappa shape index (κ3) is 4.90. The second-order valence-corrected chi connectivity index (χ2v) is 7.57. The number of piperazine rings is 1. The number of para-hydroxylation sites is 2. The first-order valence-electron chi connectivity index (χ1n) is 10.9. The highest BCUT2D eigenvalue weighted by Gasteiger charge is 2.25. The van der Waals surface area contributed by atoms with E-state index in [1.807, 2.05) is 43.3 Å². The molecule has 1 saturated heterocycles. The summed E-state index contributed by atoms with van der Waals surface area (Å²) >= 11 is 0. The summed E-state index contributed by atoms with van der Waals surface area (Å²) in [6.07, 6.45) is 5.20. The number of hydroxylamine groups is 1. The molecule has 0 bridgehead atoms. The molecule has 33 heavy (non-hydrogen) atoms. The van der Waals surface area contributed by atoms with Crippen LogP contribution in [0, 0.1) is 0 Å². The van der Waals surface area contributed by atoms with Crippen LogP contribution >= 0.6 is 0 Å². The first kappa shape index (κ1) is 22.1. The number of rotatable bonds is 7. The summed E-state index contributed by atoms with van der Waals surface area (Å²) in [6.45, 7) is 8.98. The van der Waals surface area contributed by atoms with Crippen LogP contribution in [0.5, 0.6) is 0 Å². The molecule has 2 N–H and O–H groups in total. The maximum atomic E-state index is 9.20. The van der Waals surface area contributed by atoms with Crippen LogP contribution in [0.1, 0.15) is 12.5 Å². The van der Waals surface area contributed by atoms with Crippen molar-refractivity contribution in [1.29, 1.82) is 0 Å². The fourth-order valence-corrected chi connectivity index (χ4v) is 3.92. The van der Waals surface area contributed by atoms with Gasteiger partial charge in [-0.1, -0.05) is 54.8 Å². The lowest BCUT2D eigenvalue weighted by Crippen LogP contribution is -2.48. The molecule has 0 unspecified atom stereocenters. The van der Waals surface area contributed by atoms with Crippen LogP contribution in [0.25, 0.3) is 5.70 Å². The smallest absolute Gasteiger partial charge is 0.225 e. The van der Waals surface area contributed by atoms with Crippen LogP contribution in [0.15, 0.2) is 97.3 Å². The Labute approximate surface area is 194 Å². The molecule has 1 fully saturated rings. The van der Waals surface area contributed by atoms with Crippen LogP contribution in [0.3, 0.4) is 0 Å². The highest BCUT2D eigenvalue weighted by Crippen LogP contribution is 2.31. The summed E-state index contributed by atoms with van der Waals surface area (Å²) in [5.74, 6) is 1.61. The predicted octanol–water partition coefficient (Wildman–Crippen LogP) is 4.40. The van der Waals surface area contributed by atoms with E-state index < -0.39 is 0 Å². The summed E-state index contributed by atoms with van der Waals surface area (Å²) < 4.78 is 0. The Bertz CT molecular complexity index is 1080. The van der Waals surface area contributed by atoms with Gasteiger partial charge >= 0.3 is 0 Å². The topological polar surface area (TPSA) is 67.8 Å². The minimum Gasteiger partial charge on any atom is -0.348 e. The largest absolute Gasteiger partial charge is 0.348 e. The molecule has 0 radical (unpaired) electrons. The molecule has 1 aromatic heterocycles.